The maximum Gasteiger partial charge on any atom is 0.246 e. The van der Waals surface area contributed by atoms with Gasteiger partial charge in [0.05, 0.1) is 34.7 Å². The average molecular weight is 378 g/mol. The van der Waals surface area contributed by atoms with Gasteiger partial charge in [-0.05, 0) is 47.8 Å². The number of furan rings is 1. The van der Waals surface area contributed by atoms with Gasteiger partial charge >= 0.3 is 0 Å². The molecule has 0 N–H and O–H groups in total. The fourth-order valence-corrected chi connectivity index (χ4v) is 3.72. The molecular weight excluding hydrogens is 358 g/mol. The van der Waals surface area contributed by atoms with Crippen molar-refractivity contribution in [1.82, 2.24) is 14.7 Å². The lowest BCUT2D eigenvalue weighted by molar-refractivity contribution is -0.129. The normalized spacial score (nSPS) is 16.9. The zero-order valence-electron chi connectivity index (χ0n) is 13.4. The molecule has 23 heavy (non-hydrogen) atoms. The van der Waals surface area contributed by atoms with Gasteiger partial charge in [-0.25, -0.2) is 0 Å². The van der Waals surface area contributed by atoms with Crippen molar-refractivity contribution in [3.63, 3.8) is 0 Å². The molecule has 3 rings (SSSR count). The molecule has 1 aliphatic rings. The van der Waals surface area contributed by atoms with E-state index < -0.39 is 0 Å². The summed E-state index contributed by atoms with van der Waals surface area (Å²) in [7, 11) is 1.90. The summed E-state index contributed by atoms with van der Waals surface area (Å²) in [4.78, 5) is 14.4. The van der Waals surface area contributed by atoms with Crippen molar-refractivity contribution < 1.29 is 9.21 Å². The lowest BCUT2D eigenvalue weighted by atomic mass is 9.92. The minimum atomic E-state index is -0.0743. The van der Waals surface area contributed by atoms with Crippen LogP contribution in [-0.2, 0) is 24.8 Å². The van der Waals surface area contributed by atoms with E-state index in [2.05, 4.69) is 27.6 Å². The second kappa shape index (κ2) is 6.35. The lowest BCUT2D eigenvalue weighted by Gasteiger charge is -2.33. The molecule has 122 valence electrons. The Morgan fingerprint density at radius 2 is 2.43 bits per heavy atom. The van der Waals surface area contributed by atoms with Crippen molar-refractivity contribution >= 4 is 21.8 Å². The molecule has 1 unspecified atom stereocenters. The van der Waals surface area contributed by atoms with Gasteiger partial charge in [-0.1, -0.05) is 6.58 Å². The van der Waals surface area contributed by atoms with Crippen LogP contribution < -0.4 is 0 Å². The molecule has 0 spiro atoms. The summed E-state index contributed by atoms with van der Waals surface area (Å²) in [5.41, 5.74) is 3.01. The monoisotopic (exact) mass is 377 g/mol. The fraction of sp³-hybridized carbons (Fsp3) is 0.412. The van der Waals surface area contributed by atoms with Crippen LogP contribution in [0.2, 0.25) is 0 Å². The van der Waals surface area contributed by atoms with Crippen LogP contribution in [0.15, 0.2) is 33.9 Å². The molecule has 0 bridgehead atoms. The van der Waals surface area contributed by atoms with Crippen LogP contribution in [0.3, 0.4) is 0 Å². The van der Waals surface area contributed by atoms with Crippen molar-refractivity contribution in [2.45, 2.75) is 38.8 Å². The van der Waals surface area contributed by atoms with Gasteiger partial charge < -0.3 is 9.32 Å². The molecule has 1 amide bonds. The van der Waals surface area contributed by atoms with Gasteiger partial charge in [0.15, 0.2) is 0 Å². The Kier molecular flexibility index (Phi) is 4.43. The molecule has 5 nitrogen and oxygen atoms in total. The lowest BCUT2D eigenvalue weighted by Crippen LogP contribution is -2.35. The van der Waals surface area contributed by atoms with Crippen LogP contribution in [-0.4, -0.2) is 20.6 Å². The van der Waals surface area contributed by atoms with Gasteiger partial charge in [-0.3, -0.25) is 9.48 Å². The first kappa shape index (κ1) is 16.1. The molecule has 2 heterocycles. The third-order valence-electron chi connectivity index (χ3n) is 4.44. The second-order valence-electron chi connectivity index (χ2n) is 5.85. The smallest absolute Gasteiger partial charge is 0.246 e. The predicted octanol–water partition coefficient (Wildman–Crippen LogP) is 3.68. The Morgan fingerprint density at radius 3 is 3.09 bits per heavy atom. The minimum Gasteiger partial charge on any atom is -0.469 e. The van der Waals surface area contributed by atoms with Gasteiger partial charge in [-0.2, -0.15) is 5.10 Å². The summed E-state index contributed by atoms with van der Waals surface area (Å²) in [5, 5.41) is 4.42. The molecule has 6 heteroatoms. The van der Waals surface area contributed by atoms with Crippen LogP contribution in [0, 0.1) is 6.92 Å². The maximum absolute atomic E-state index is 12.5. The molecule has 2 aromatic rings. The molecule has 1 atom stereocenters. The molecule has 0 fully saturated rings. The second-order valence-corrected chi connectivity index (χ2v) is 6.64. The number of carbonyl (C=O) groups is 1. The highest BCUT2D eigenvalue weighted by molar-refractivity contribution is 9.10. The van der Waals surface area contributed by atoms with Gasteiger partial charge in [0, 0.05) is 19.0 Å². The summed E-state index contributed by atoms with van der Waals surface area (Å²) in [6.07, 6.45) is 5.97. The molecule has 0 radical (unpaired) electrons. The SMILES string of the molecule is C=CC(=O)N(Cc1c(Br)c(C)nn1C)C1CCCc2occc21. The highest BCUT2D eigenvalue weighted by Gasteiger charge is 2.31. The Morgan fingerprint density at radius 1 is 1.65 bits per heavy atom. The highest BCUT2D eigenvalue weighted by Crippen LogP contribution is 2.36. The van der Waals surface area contributed by atoms with Gasteiger partial charge in [0.2, 0.25) is 5.91 Å². The van der Waals surface area contributed by atoms with Gasteiger partial charge in [0.25, 0.3) is 0 Å². The minimum absolute atomic E-state index is 0.0186. The molecule has 1 aliphatic carbocycles. The number of fused-ring (bicyclic) bond motifs is 1. The Balaban J connectivity index is 1.97. The van der Waals surface area contributed by atoms with E-state index >= 15 is 0 Å². The van der Waals surface area contributed by atoms with Crippen LogP contribution in [0.5, 0.6) is 0 Å². The summed E-state index contributed by atoms with van der Waals surface area (Å²) >= 11 is 3.58. The molecule has 0 saturated carbocycles. The van der Waals surface area contributed by atoms with Crippen LogP contribution in [0.1, 0.15) is 41.6 Å². The van der Waals surface area contributed by atoms with E-state index in [1.54, 1.807) is 6.26 Å². The molecular formula is C17H20BrN3O2. The summed E-state index contributed by atoms with van der Waals surface area (Å²) in [6.45, 7) is 6.09. The van der Waals surface area contributed by atoms with Crippen LogP contribution in [0.25, 0.3) is 0 Å². The number of rotatable bonds is 4. The van der Waals surface area contributed by atoms with E-state index in [-0.39, 0.29) is 11.9 Å². The summed E-state index contributed by atoms with van der Waals surface area (Å²) < 4.78 is 8.33. The topological polar surface area (TPSA) is 51.3 Å². The third-order valence-corrected chi connectivity index (χ3v) is 5.47. The van der Waals surface area contributed by atoms with E-state index in [4.69, 9.17) is 4.42 Å². The highest BCUT2D eigenvalue weighted by atomic mass is 79.9. The first-order valence-corrected chi connectivity index (χ1v) is 8.49. The number of halogens is 1. The maximum atomic E-state index is 12.5. The number of amides is 1. The Hall–Kier alpha value is -1.82. The number of carbonyl (C=O) groups excluding carboxylic acids is 1. The predicted molar refractivity (Wildman–Crippen MR) is 90.8 cm³/mol. The van der Waals surface area contributed by atoms with Crippen molar-refractivity contribution in [3.05, 3.63) is 52.2 Å². The van der Waals surface area contributed by atoms with E-state index in [1.807, 2.05) is 29.6 Å². The number of nitrogens with zero attached hydrogens (tertiary/aromatic N) is 3. The number of aromatic nitrogens is 2. The number of hydrogen-bond acceptors (Lipinski definition) is 3. The standard InChI is InChI=1S/C17H20BrN3O2/c1-4-16(22)21(10-14-17(18)11(2)19-20(14)3)13-6-5-7-15-12(13)8-9-23-15/h4,8-9,13H,1,5-7,10H2,2-3H3. The first-order chi connectivity index (χ1) is 11.0. The van der Waals surface area contributed by atoms with E-state index in [9.17, 15) is 4.79 Å². The molecule has 0 saturated heterocycles. The van der Waals surface area contributed by atoms with Crippen molar-refractivity contribution in [2.24, 2.45) is 7.05 Å². The summed E-state index contributed by atoms with van der Waals surface area (Å²) in [6, 6.07) is 2.00. The summed E-state index contributed by atoms with van der Waals surface area (Å²) in [5.74, 6) is 0.915. The van der Waals surface area contributed by atoms with Crippen molar-refractivity contribution in [2.75, 3.05) is 0 Å². The van der Waals surface area contributed by atoms with Crippen molar-refractivity contribution in [1.29, 1.82) is 0 Å². The zero-order chi connectivity index (χ0) is 16.6. The first-order valence-electron chi connectivity index (χ1n) is 7.70. The largest absolute Gasteiger partial charge is 0.469 e. The van der Waals surface area contributed by atoms with E-state index in [1.165, 1.54) is 6.08 Å². The molecule has 0 aliphatic heterocycles. The van der Waals surface area contributed by atoms with Gasteiger partial charge in [-0.15, -0.1) is 0 Å². The number of aryl methyl sites for hydroxylation is 3. The van der Waals surface area contributed by atoms with Crippen LogP contribution in [0.4, 0.5) is 0 Å². The van der Waals surface area contributed by atoms with Crippen molar-refractivity contribution in [3.8, 4) is 0 Å². The molecule has 2 aromatic heterocycles. The average Bonchev–Trinajstić information content (AvgIpc) is 3.11. The third kappa shape index (κ3) is 2.87. The Labute approximate surface area is 144 Å². The quantitative estimate of drug-likeness (QED) is 0.763. The fourth-order valence-electron chi connectivity index (χ4n) is 3.26. The van der Waals surface area contributed by atoms with E-state index in [0.29, 0.717) is 6.54 Å². The molecule has 0 aromatic carbocycles. The Bertz CT molecular complexity index is 747. The van der Waals surface area contributed by atoms with Gasteiger partial charge in [0.1, 0.15) is 5.76 Å². The van der Waals surface area contributed by atoms with E-state index in [0.717, 1.165) is 46.4 Å². The zero-order valence-corrected chi connectivity index (χ0v) is 15.0. The van der Waals surface area contributed by atoms with Crippen LogP contribution >= 0.6 is 15.9 Å². The number of hydrogen-bond donors (Lipinski definition) is 0.